The van der Waals surface area contributed by atoms with Gasteiger partial charge in [-0.3, -0.25) is 4.79 Å². The number of benzene rings is 1. The highest BCUT2D eigenvalue weighted by atomic mass is 16.7. The van der Waals surface area contributed by atoms with Crippen molar-refractivity contribution in [3.63, 3.8) is 0 Å². The van der Waals surface area contributed by atoms with Gasteiger partial charge in [0, 0.05) is 13.0 Å². The molecule has 0 unspecified atom stereocenters. The number of fused-ring (bicyclic) bond motifs is 1. The van der Waals surface area contributed by atoms with Crippen LogP contribution < -0.4 is 20.1 Å². The van der Waals surface area contributed by atoms with Gasteiger partial charge in [0.25, 0.3) is 0 Å². The minimum absolute atomic E-state index is 0.0251. The standard InChI is InChI=1S/C16H17N3O3/c1-2-16(20)19-12-4-6-15(18-9-12)17-8-11-3-5-13-14(7-11)22-10-21-13/h3-7,9H,2,8,10H2,1H3,(H,17,18)(H,19,20). The molecule has 0 bridgehead atoms. The third-order valence-corrected chi connectivity index (χ3v) is 3.28. The Kier molecular flexibility index (Phi) is 4.09. The molecule has 0 atom stereocenters. The molecular weight excluding hydrogens is 282 g/mol. The predicted octanol–water partition coefficient (Wildman–Crippen LogP) is 2.77. The van der Waals surface area contributed by atoms with Gasteiger partial charge in [-0.2, -0.15) is 0 Å². The van der Waals surface area contributed by atoms with Crippen LogP contribution in [-0.2, 0) is 11.3 Å². The number of nitrogens with one attached hydrogen (secondary N) is 2. The van der Waals surface area contributed by atoms with E-state index < -0.39 is 0 Å². The first kappa shape index (κ1) is 14.2. The molecule has 3 rings (SSSR count). The van der Waals surface area contributed by atoms with Gasteiger partial charge < -0.3 is 20.1 Å². The zero-order valence-electron chi connectivity index (χ0n) is 12.3. The number of aromatic nitrogens is 1. The van der Waals surface area contributed by atoms with E-state index in [-0.39, 0.29) is 12.7 Å². The summed E-state index contributed by atoms with van der Waals surface area (Å²) in [4.78, 5) is 15.6. The molecule has 6 nitrogen and oxygen atoms in total. The Morgan fingerprint density at radius 3 is 2.86 bits per heavy atom. The lowest BCUT2D eigenvalue weighted by Gasteiger charge is -2.08. The lowest BCUT2D eigenvalue weighted by Crippen LogP contribution is -2.10. The Balaban J connectivity index is 1.58. The number of hydrogen-bond donors (Lipinski definition) is 2. The van der Waals surface area contributed by atoms with Crippen LogP contribution in [0.15, 0.2) is 36.5 Å². The third-order valence-electron chi connectivity index (χ3n) is 3.28. The third kappa shape index (κ3) is 3.28. The number of hydrogen-bond acceptors (Lipinski definition) is 5. The van der Waals surface area contributed by atoms with E-state index >= 15 is 0 Å². The van der Waals surface area contributed by atoms with Gasteiger partial charge in [-0.15, -0.1) is 0 Å². The fourth-order valence-electron chi connectivity index (χ4n) is 2.07. The van der Waals surface area contributed by atoms with E-state index in [4.69, 9.17) is 9.47 Å². The maximum absolute atomic E-state index is 11.3. The summed E-state index contributed by atoms with van der Waals surface area (Å²) >= 11 is 0. The number of pyridine rings is 1. The summed E-state index contributed by atoms with van der Waals surface area (Å²) in [6.07, 6.45) is 2.08. The van der Waals surface area contributed by atoms with Crippen LogP contribution in [0.1, 0.15) is 18.9 Å². The van der Waals surface area contributed by atoms with Gasteiger partial charge in [0.1, 0.15) is 5.82 Å². The Morgan fingerprint density at radius 2 is 2.09 bits per heavy atom. The van der Waals surface area contributed by atoms with Crippen molar-refractivity contribution in [1.29, 1.82) is 0 Å². The van der Waals surface area contributed by atoms with Crippen LogP contribution in [0.3, 0.4) is 0 Å². The topological polar surface area (TPSA) is 72.5 Å². The molecular formula is C16H17N3O3. The largest absolute Gasteiger partial charge is 0.454 e. The maximum Gasteiger partial charge on any atom is 0.231 e. The first-order valence-electron chi connectivity index (χ1n) is 7.13. The summed E-state index contributed by atoms with van der Waals surface area (Å²) < 4.78 is 10.6. The molecule has 0 radical (unpaired) electrons. The molecule has 1 aromatic carbocycles. The summed E-state index contributed by atoms with van der Waals surface area (Å²) in [6.45, 7) is 2.72. The van der Waals surface area contributed by atoms with Crippen LogP contribution >= 0.6 is 0 Å². The van der Waals surface area contributed by atoms with Gasteiger partial charge >= 0.3 is 0 Å². The van der Waals surface area contributed by atoms with Crippen LogP contribution in [0, 0.1) is 0 Å². The molecule has 1 aliphatic rings. The molecule has 2 N–H and O–H groups in total. The lowest BCUT2D eigenvalue weighted by molar-refractivity contribution is -0.115. The normalized spacial score (nSPS) is 12.0. The Hall–Kier alpha value is -2.76. The second-order valence-electron chi connectivity index (χ2n) is 4.88. The summed E-state index contributed by atoms with van der Waals surface area (Å²) in [5.41, 5.74) is 1.77. The van der Waals surface area contributed by atoms with Gasteiger partial charge in [0.15, 0.2) is 11.5 Å². The molecule has 0 saturated heterocycles. The van der Waals surface area contributed by atoms with E-state index in [1.54, 1.807) is 6.20 Å². The van der Waals surface area contributed by atoms with E-state index in [0.29, 0.717) is 18.7 Å². The molecule has 2 aromatic rings. The van der Waals surface area contributed by atoms with Crippen molar-refractivity contribution in [2.24, 2.45) is 0 Å². The van der Waals surface area contributed by atoms with Gasteiger partial charge in [0.2, 0.25) is 12.7 Å². The molecule has 1 aromatic heterocycles. The quantitative estimate of drug-likeness (QED) is 0.888. The SMILES string of the molecule is CCC(=O)Nc1ccc(NCc2ccc3c(c2)OCO3)nc1. The molecule has 6 heteroatoms. The monoisotopic (exact) mass is 299 g/mol. The lowest BCUT2D eigenvalue weighted by atomic mass is 10.2. The molecule has 114 valence electrons. The number of nitrogens with zero attached hydrogens (tertiary/aromatic N) is 1. The Labute approximate surface area is 128 Å². The summed E-state index contributed by atoms with van der Waals surface area (Å²) in [5.74, 6) is 2.26. The molecule has 0 saturated carbocycles. The number of amides is 1. The van der Waals surface area contributed by atoms with Crippen LogP contribution in [0.4, 0.5) is 11.5 Å². The summed E-state index contributed by atoms with van der Waals surface area (Å²) in [5, 5.41) is 5.99. The maximum atomic E-state index is 11.3. The summed E-state index contributed by atoms with van der Waals surface area (Å²) in [7, 11) is 0. The second kappa shape index (κ2) is 6.34. The average molecular weight is 299 g/mol. The zero-order chi connectivity index (χ0) is 15.4. The minimum atomic E-state index is -0.0251. The number of ether oxygens (including phenoxy) is 2. The van der Waals surface area contributed by atoms with E-state index in [1.807, 2.05) is 37.3 Å². The van der Waals surface area contributed by atoms with Gasteiger partial charge in [0.05, 0.1) is 11.9 Å². The highest BCUT2D eigenvalue weighted by Crippen LogP contribution is 2.32. The van der Waals surface area contributed by atoms with Gasteiger partial charge in [-0.25, -0.2) is 4.98 Å². The highest BCUT2D eigenvalue weighted by molar-refractivity contribution is 5.90. The molecule has 1 amide bonds. The number of carbonyl (C=O) groups excluding carboxylic acids is 1. The van der Waals surface area contributed by atoms with Crippen molar-refractivity contribution in [1.82, 2.24) is 4.98 Å². The van der Waals surface area contributed by atoms with E-state index in [1.165, 1.54) is 0 Å². The fourth-order valence-corrected chi connectivity index (χ4v) is 2.07. The molecule has 0 fully saturated rings. The predicted molar refractivity (Wildman–Crippen MR) is 83.0 cm³/mol. The smallest absolute Gasteiger partial charge is 0.231 e. The first-order valence-corrected chi connectivity index (χ1v) is 7.13. The molecule has 0 aliphatic carbocycles. The molecule has 0 spiro atoms. The van der Waals surface area contributed by atoms with Crippen molar-refractivity contribution < 1.29 is 14.3 Å². The van der Waals surface area contributed by atoms with Crippen LogP contribution in [0.5, 0.6) is 11.5 Å². The van der Waals surface area contributed by atoms with Crippen molar-refractivity contribution in [2.45, 2.75) is 19.9 Å². The Bertz CT molecular complexity index is 671. The van der Waals surface area contributed by atoms with Crippen LogP contribution in [-0.4, -0.2) is 17.7 Å². The van der Waals surface area contributed by atoms with E-state index in [0.717, 1.165) is 22.9 Å². The highest BCUT2D eigenvalue weighted by Gasteiger charge is 2.12. The molecule has 22 heavy (non-hydrogen) atoms. The van der Waals surface area contributed by atoms with Crippen LogP contribution in [0.25, 0.3) is 0 Å². The fraction of sp³-hybridized carbons (Fsp3) is 0.250. The van der Waals surface area contributed by atoms with E-state index in [2.05, 4.69) is 15.6 Å². The number of anilines is 2. The Morgan fingerprint density at radius 1 is 1.23 bits per heavy atom. The van der Waals surface area contributed by atoms with E-state index in [9.17, 15) is 4.79 Å². The molecule has 1 aliphatic heterocycles. The number of carbonyl (C=O) groups is 1. The van der Waals surface area contributed by atoms with Gasteiger partial charge in [-0.1, -0.05) is 13.0 Å². The minimum Gasteiger partial charge on any atom is -0.454 e. The van der Waals surface area contributed by atoms with Gasteiger partial charge in [-0.05, 0) is 29.8 Å². The average Bonchev–Trinajstić information content (AvgIpc) is 3.01. The van der Waals surface area contributed by atoms with Crippen molar-refractivity contribution in [3.8, 4) is 11.5 Å². The zero-order valence-corrected chi connectivity index (χ0v) is 12.3. The first-order chi connectivity index (χ1) is 10.7. The second-order valence-corrected chi connectivity index (χ2v) is 4.88. The van der Waals surface area contributed by atoms with Crippen molar-refractivity contribution >= 4 is 17.4 Å². The number of rotatable bonds is 5. The molecule has 2 heterocycles. The van der Waals surface area contributed by atoms with Crippen molar-refractivity contribution in [3.05, 3.63) is 42.1 Å². The van der Waals surface area contributed by atoms with Crippen molar-refractivity contribution in [2.75, 3.05) is 17.4 Å². The van der Waals surface area contributed by atoms with Crippen LogP contribution in [0.2, 0.25) is 0 Å². The summed E-state index contributed by atoms with van der Waals surface area (Å²) in [6, 6.07) is 9.48.